The van der Waals surface area contributed by atoms with Crippen LogP contribution in [-0.4, -0.2) is 30.0 Å². The molecule has 1 aliphatic carbocycles. The Labute approximate surface area is 130 Å². The molecule has 1 aromatic rings. The van der Waals surface area contributed by atoms with Crippen molar-refractivity contribution < 1.29 is 14.3 Å². The molecule has 0 unspecified atom stereocenters. The van der Waals surface area contributed by atoms with Gasteiger partial charge in [0.25, 0.3) is 0 Å². The van der Waals surface area contributed by atoms with Crippen molar-refractivity contribution >= 4 is 11.8 Å². The van der Waals surface area contributed by atoms with Crippen LogP contribution >= 0.6 is 0 Å². The van der Waals surface area contributed by atoms with Crippen molar-refractivity contribution in [3.63, 3.8) is 0 Å². The van der Waals surface area contributed by atoms with Gasteiger partial charge >= 0.3 is 0 Å². The van der Waals surface area contributed by atoms with E-state index in [1.807, 2.05) is 30.3 Å². The molecule has 0 spiro atoms. The molecule has 3 rings (SSSR count). The predicted molar refractivity (Wildman–Crippen MR) is 82.4 cm³/mol. The number of para-hydroxylation sites is 1. The number of hydrogen-bond donors (Lipinski definition) is 2. The minimum absolute atomic E-state index is 0.00259. The van der Waals surface area contributed by atoms with Gasteiger partial charge < -0.3 is 15.4 Å². The number of rotatable bonds is 4. The van der Waals surface area contributed by atoms with E-state index in [1.54, 1.807) is 0 Å². The first-order chi connectivity index (χ1) is 10.7. The summed E-state index contributed by atoms with van der Waals surface area (Å²) in [6.07, 6.45) is 5.09. The van der Waals surface area contributed by atoms with Crippen molar-refractivity contribution in [2.45, 2.75) is 56.7 Å². The summed E-state index contributed by atoms with van der Waals surface area (Å²) in [6, 6.07) is 9.34. The quantitative estimate of drug-likeness (QED) is 0.891. The van der Waals surface area contributed by atoms with Gasteiger partial charge in [0, 0.05) is 6.42 Å². The van der Waals surface area contributed by atoms with Crippen LogP contribution < -0.4 is 15.4 Å². The first kappa shape index (κ1) is 14.9. The molecule has 1 aromatic carbocycles. The highest BCUT2D eigenvalue weighted by Crippen LogP contribution is 2.24. The Morgan fingerprint density at radius 2 is 1.91 bits per heavy atom. The van der Waals surface area contributed by atoms with Crippen LogP contribution in [0.15, 0.2) is 30.3 Å². The summed E-state index contributed by atoms with van der Waals surface area (Å²) in [5, 5.41) is 5.79. The number of ether oxygens (including phenoxy) is 1. The molecular formula is C17H22N2O3. The summed E-state index contributed by atoms with van der Waals surface area (Å²) >= 11 is 0. The molecule has 1 heterocycles. The largest absolute Gasteiger partial charge is 0.488 e. The zero-order chi connectivity index (χ0) is 15.4. The summed E-state index contributed by atoms with van der Waals surface area (Å²) in [5.41, 5.74) is 0. The van der Waals surface area contributed by atoms with Crippen molar-refractivity contribution in [2.75, 3.05) is 0 Å². The van der Waals surface area contributed by atoms with Gasteiger partial charge in [0.15, 0.2) is 0 Å². The lowest BCUT2D eigenvalue weighted by atomic mass is 9.92. The highest BCUT2D eigenvalue weighted by molar-refractivity contribution is 5.90. The smallest absolute Gasteiger partial charge is 0.242 e. The Bertz CT molecular complexity index is 532. The standard InChI is InChI=1S/C17H22N2O3/c20-16-11-10-14(18-16)17(21)19-13-8-4-5-9-15(13)22-12-6-2-1-3-7-12/h1-3,6-7,13-15H,4-5,8-11H2,(H,18,20)(H,19,21)/t13-,14+,15-/m0/s1. The van der Waals surface area contributed by atoms with Gasteiger partial charge in [0.1, 0.15) is 17.9 Å². The molecule has 0 bridgehead atoms. The molecule has 2 aliphatic rings. The van der Waals surface area contributed by atoms with Gasteiger partial charge in [-0.05, 0) is 37.8 Å². The second-order valence-corrected chi connectivity index (χ2v) is 6.03. The Kier molecular flexibility index (Phi) is 4.61. The zero-order valence-corrected chi connectivity index (χ0v) is 12.6. The van der Waals surface area contributed by atoms with E-state index in [-0.39, 0.29) is 30.0 Å². The Morgan fingerprint density at radius 1 is 1.14 bits per heavy atom. The maximum atomic E-state index is 12.3. The molecule has 1 saturated heterocycles. The molecule has 1 saturated carbocycles. The van der Waals surface area contributed by atoms with Crippen LogP contribution in [0.25, 0.3) is 0 Å². The maximum Gasteiger partial charge on any atom is 0.242 e. The van der Waals surface area contributed by atoms with E-state index in [2.05, 4.69) is 10.6 Å². The van der Waals surface area contributed by atoms with E-state index in [4.69, 9.17) is 4.74 Å². The first-order valence-corrected chi connectivity index (χ1v) is 8.04. The van der Waals surface area contributed by atoms with Crippen molar-refractivity contribution in [1.82, 2.24) is 10.6 Å². The van der Waals surface area contributed by atoms with Gasteiger partial charge in [-0.3, -0.25) is 9.59 Å². The van der Waals surface area contributed by atoms with E-state index in [0.29, 0.717) is 12.8 Å². The molecule has 118 valence electrons. The first-order valence-electron chi connectivity index (χ1n) is 8.04. The van der Waals surface area contributed by atoms with E-state index < -0.39 is 0 Å². The number of benzene rings is 1. The van der Waals surface area contributed by atoms with Crippen molar-refractivity contribution in [3.8, 4) is 5.75 Å². The third-order valence-electron chi connectivity index (χ3n) is 4.37. The van der Waals surface area contributed by atoms with Gasteiger partial charge in [-0.25, -0.2) is 0 Å². The van der Waals surface area contributed by atoms with Crippen LogP contribution in [-0.2, 0) is 9.59 Å². The number of nitrogens with one attached hydrogen (secondary N) is 2. The Morgan fingerprint density at radius 3 is 2.64 bits per heavy atom. The Balaban J connectivity index is 1.60. The lowest BCUT2D eigenvalue weighted by Gasteiger charge is -2.33. The van der Waals surface area contributed by atoms with Gasteiger partial charge in [-0.15, -0.1) is 0 Å². The van der Waals surface area contributed by atoms with Crippen molar-refractivity contribution in [1.29, 1.82) is 0 Å². The third-order valence-corrected chi connectivity index (χ3v) is 4.37. The van der Waals surface area contributed by atoms with Crippen LogP contribution in [0.2, 0.25) is 0 Å². The molecule has 2 N–H and O–H groups in total. The summed E-state index contributed by atoms with van der Waals surface area (Å²) in [7, 11) is 0. The molecule has 0 radical (unpaired) electrons. The topological polar surface area (TPSA) is 67.4 Å². The summed E-state index contributed by atoms with van der Waals surface area (Å²) in [5.74, 6) is 0.711. The minimum atomic E-state index is -0.383. The van der Waals surface area contributed by atoms with Crippen LogP contribution in [0.3, 0.4) is 0 Å². The van der Waals surface area contributed by atoms with E-state index in [0.717, 1.165) is 31.4 Å². The number of hydrogen-bond acceptors (Lipinski definition) is 3. The normalized spacial score (nSPS) is 28.0. The lowest BCUT2D eigenvalue weighted by Crippen LogP contribution is -2.52. The molecule has 2 amide bonds. The minimum Gasteiger partial charge on any atom is -0.488 e. The summed E-state index contributed by atoms with van der Waals surface area (Å²) in [4.78, 5) is 23.5. The monoisotopic (exact) mass is 302 g/mol. The third kappa shape index (κ3) is 3.59. The second kappa shape index (κ2) is 6.81. The predicted octanol–water partition coefficient (Wildman–Crippen LogP) is 1.77. The van der Waals surface area contributed by atoms with Crippen LogP contribution in [0.5, 0.6) is 5.75 Å². The van der Waals surface area contributed by atoms with Crippen LogP contribution in [0.1, 0.15) is 38.5 Å². The number of amides is 2. The second-order valence-electron chi connectivity index (χ2n) is 6.03. The summed E-state index contributed by atoms with van der Waals surface area (Å²) in [6.45, 7) is 0. The fourth-order valence-electron chi connectivity index (χ4n) is 3.17. The van der Waals surface area contributed by atoms with Gasteiger partial charge in [-0.1, -0.05) is 24.6 Å². The van der Waals surface area contributed by atoms with Crippen LogP contribution in [0, 0.1) is 0 Å². The van der Waals surface area contributed by atoms with Gasteiger partial charge in [-0.2, -0.15) is 0 Å². The molecule has 2 fully saturated rings. The molecule has 5 heteroatoms. The van der Waals surface area contributed by atoms with Gasteiger partial charge in [0.05, 0.1) is 6.04 Å². The van der Waals surface area contributed by atoms with E-state index in [9.17, 15) is 9.59 Å². The van der Waals surface area contributed by atoms with E-state index in [1.165, 1.54) is 0 Å². The zero-order valence-electron chi connectivity index (χ0n) is 12.6. The highest BCUT2D eigenvalue weighted by atomic mass is 16.5. The Hall–Kier alpha value is -2.04. The molecule has 3 atom stereocenters. The molecule has 1 aliphatic heterocycles. The molecular weight excluding hydrogens is 280 g/mol. The maximum absolute atomic E-state index is 12.3. The average molecular weight is 302 g/mol. The van der Waals surface area contributed by atoms with Crippen LogP contribution in [0.4, 0.5) is 0 Å². The summed E-state index contributed by atoms with van der Waals surface area (Å²) < 4.78 is 6.05. The SMILES string of the molecule is O=C1CC[C@H](C(=O)N[C@H]2CCCC[C@@H]2Oc2ccccc2)N1. The molecule has 5 nitrogen and oxygen atoms in total. The molecule has 0 aromatic heterocycles. The van der Waals surface area contributed by atoms with Crippen molar-refractivity contribution in [2.24, 2.45) is 0 Å². The lowest BCUT2D eigenvalue weighted by molar-refractivity contribution is -0.127. The fraction of sp³-hybridized carbons (Fsp3) is 0.529. The average Bonchev–Trinajstić information content (AvgIpc) is 2.97. The van der Waals surface area contributed by atoms with Gasteiger partial charge in [0.2, 0.25) is 11.8 Å². The highest BCUT2D eigenvalue weighted by Gasteiger charge is 2.32. The molecule has 22 heavy (non-hydrogen) atoms. The number of carbonyl (C=O) groups excluding carboxylic acids is 2. The number of carbonyl (C=O) groups is 2. The van der Waals surface area contributed by atoms with E-state index >= 15 is 0 Å². The van der Waals surface area contributed by atoms with Crippen molar-refractivity contribution in [3.05, 3.63) is 30.3 Å². The fourth-order valence-corrected chi connectivity index (χ4v) is 3.17.